The van der Waals surface area contributed by atoms with Crippen LogP contribution in [-0.2, 0) is 9.57 Å². The van der Waals surface area contributed by atoms with Crippen molar-refractivity contribution in [2.75, 3.05) is 6.61 Å². The lowest BCUT2D eigenvalue weighted by atomic mass is 10.0. The molecule has 0 amide bonds. The van der Waals surface area contributed by atoms with Gasteiger partial charge in [-0.1, -0.05) is 6.92 Å². The molecule has 2 heterocycles. The van der Waals surface area contributed by atoms with Gasteiger partial charge in [0.1, 0.15) is 12.4 Å². The summed E-state index contributed by atoms with van der Waals surface area (Å²) >= 11 is 0. The van der Waals surface area contributed by atoms with Gasteiger partial charge in [0, 0.05) is 0 Å². The molecule has 1 fully saturated rings. The molecule has 2 rings (SSSR count). The van der Waals surface area contributed by atoms with E-state index in [9.17, 15) is 0 Å². The van der Waals surface area contributed by atoms with Gasteiger partial charge in [-0.05, 0) is 6.42 Å². The van der Waals surface area contributed by atoms with Gasteiger partial charge in [0.25, 0.3) is 0 Å². The summed E-state index contributed by atoms with van der Waals surface area (Å²) in [5.74, 6) is 0.463. The summed E-state index contributed by atoms with van der Waals surface area (Å²) in [6.45, 7) is 2.88. The van der Waals surface area contributed by atoms with E-state index in [0.717, 1.165) is 18.7 Å². The van der Waals surface area contributed by atoms with E-state index in [2.05, 4.69) is 12.4 Å². The van der Waals surface area contributed by atoms with Crippen LogP contribution in [-0.4, -0.2) is 12.7 Å². The first-order valence-electron chi connectivity index (χ1n) is 3.65. The van der Waals surface area contributed by atoms with Crippen LogP contribution in [0.1, 0.15) is 13.3 Å². The average Bonchev–Trinajstić information content (AvgIpc) is 2.44. The quantitative estimate of drug-likeness (QED) is 0.585. The number of hydrogen-bond acceptors (Lipinski definition) is 3. The zero-order valence-electron chi connectivity index (χ0n) is 5.96. The molecule has 0 spiro atoms. The minimum atomic E-state index is 0.338. The van der Waals surface area contributed by atoms with Crippen molar-refractivity contribution in [1.29, 1.82) is 0 Å². The zero-order valence-corrected chi connectivity index (χ0v) is 5.96. The van der Waals surface area contributed by atoms with E-state index in [4.69, 9.17) is 9.57 Å². The maximum atomic E-state index is 5.36. The van der Waals surface area contributed by atoms with Crippen LogP contribution in [0.3, 0.4) is 0 Å². The predicted octanol–water partition coefficient (Wildman–Crippen LogP) is 0.788. The number of hydrogen-bond donors (Lipinski definition) is 1. The minimum Gasteiger partial charge on any atom is -0.495 e. The highest BCUT2D eigenvalue weighted by Crippen LogP contribution is 2.29. The second-order valence-corrected chi connectivity index (χ2v) is 2.68. The fourth-order valence-corrected chi connectivity index (χ4v) is 1.44. The molecule has 0 aliphatic carbocycles. The van der Waals surface area contributed by atoms with Gasteiger partial charge >= 0.3 is 0 Å². The maximum Gasteiger partial charge on any atom is 0.108 e. The van der Waals surface area contributed by atoms with Gasteiger partial charge in [0.15, 0.2) is 0 Å². The molecular formula is C7H11NO2. The smallest absolute Gasteiger partial charge is 0.108 e. The molecular weight excluding hydrogens is 130 g/mol. The summed E-state index contributed by atoms with van der Waals surface area (Å²) in [5.41, 5.74) is 3.92. The number of ether oxygens (including phenoxy) is 1. The predicted molar refractivity (Wildman–Crippen MR) is 35.8 cm³/mol. The van der Waals surface area contributed by atoms with Crippen molar-refractivity contribution in [3.63, 3.8) is 0 Å². The Morgan fingerprint density at radius 3 is 3.50 bits per heavy atom. The molecule has 10 heavy (non-hydrogen) atoms. The first kappa shape index (κ1) is 6.04. The highest BCUT2D eigenvalue weighted by Gasteiger charge is 2.34. The summed E-state index contributed by atoms with van der Waals surface area (Å²) < 4.78 is 5.36. The molecule has 2 aliphatic rings. The molecule has 0 aromatic carbocycles. The van der Waals surface area contributed by atoms with E-state index in [1.807, 2.05) is 0 Å². The Hall–Kier alpha value is -0.700. The highest BCUT2D eigenvalue weighted by molar-refractivity contribution is 5.10. The summed E-state index contributed by atoms with van der Waals surface area (Å²) in [4.78, 5) is 5.05. The average molecular weight is 141 g/mol. The van der Waals surface area contributed by atoms with E-state index in [1.165, 1.54) is 0 Å². The van der Waals surface area contributed by atoms with Crippen LogP contribution in [0, 0.1) is 5.92 Å². The van der Waals surface area contributed by atoms with Crippen LogP contribution in [0.4, 0.5) is 0 Å². The van der Waals surface area contributed by atoms with Gasteiger partial charge in [-0.25, -0.2) is 0 Å². The molecule has 0 aromatic rings. The van der Waals surface area contributed by atoms with Gasteiger partial charge < -0.3 is 4.74 Å². The molecule has 56 valence electrons. The third-order valence-electron chi connectivity index (χ3n) is 2.07. The number of nitrogens with one attached hydrogen (secondary N) is 1. The molecule has 0 unspecified atom stereocenters. The lowest BCUT2D eigenvalue weighted by molar-refractivity contribution is 0.0577. The summed E-state index contributed by atoms with van der Waals surface area (Å²) in [5, 5.41) is 0. The van der Waals surface area contributed by atoms with Gasteiger partial charge in [-0.2, -0.15) is 0 Å². The van der Waals surface area contributed by atoms with Crippen LogP contribution in [0.25, 0.3) is 0 Å². The maximum absolute atomic E-state index is 5.36. The van der Waals surface area contributed by atoms with Crippen molar-refractivity contribution in [3.05, 3.63) is 12.0 Å². The van der Waals surface area contributed by atoms with E-state index in [-0.39, 0.29) is 0 Å². The van der Waals surface area contributed by atoms with Crippen LogP contribution >= 0.6 is 0 Å². The normalized spacial score (nSPS) is 36.3. The van der Waals surface area contributed by atoms with E-state index >= 15 is 0 Å². The molecule has 0 bridgehead atoms. The van der Waals surface area contributed by atoms with E-state index in [0.29, 0.717) is 12.0 Å². The van der Waals surface area contributed by atoms with Crippen molar-refractivity contribution in [1.82, 2.24) is 5.48 Å². The molecule has 0 aromatic heterocycles. The minimum absolute atomic E-state index is 0.338. The number of rotatable bonds is 1. The summed E-state index contributed by atoms with van der Waals surface area (Å²) in [6.07, 6.45) is 3.16. The molecule has 3 nitrogen and oxygen atoms in total. The Balaban J connectivity index is 2.10. The SMILES string of the molecule is CC[C@H]1OC=C2NOC[C@@H]21. The van der Waals surface area contributed by atoms with Crippen LogP contribution in [0.5, 0.6) is 0 Å². The Morgan fingerprint density at radius 2 is 2.70 bits per heavy atom. The molecule has 2 atom stereocenters. The third-order valence-corrected chi connectivity index (χ3v) is 2.07. The monoisotopic (exact) mass is 141 g/mol. The zero-order chi connectivity index (χ0) is 6.97. The Labute approximate surface area is 60.0 Å². The van der Waals surface area contributed by atoms with Crippen molar-refractivity contribution >= 4 is 0 Å². The van der Waals surface area contributed by atoms with Crippen molar-refractivity contribution < 1.29 is 9.57 Å². The van der Waals surface area contributed by atoms with Gasteiger partial charge in [-0.15, -0.1) is 0 Å². The first-order chi connectivity index (χ1) is 4.92. The summed E-state index contributed by atoms with van der Waals surface area (Å²) in [7, 11) is 0. The fraction of sp³-hybridized carbons (Fsp3) is 0.714. The number of fused-ring (bicyclic) bond motifs is 1. The van der Waals surface area contributed by atoms with E-state index < -0.39 is 0 Å². The topological polar surface area (TPSA) is 30.5 Å². The standard InChI is InChI=1S/C7H11NO2/c1-2-7-5-3-10-8-6(5)4-9-7/h4-5,7-8H,2-3H2,1H3/t5-,7+/m0/s1. The molecule has 0 saturated carbocycles. The van der Waals surface area contributed by atoms with Gasteiger partial charge in [-0.3, -0.25) is 10.3 Å². The Kier molecular flexibility index (Phi) is 1.31. The molecule has 0 radical (unpaired) electrons. The molecule has 1 N–H and O–H groups in total. The van der Waals surface area contributed by atoms with E-state index in [1.54, 1.807) is 6.26 Å². The second kappa shape index (κ2) is 2.16. The largest absolute Gasteiger partial charge is 0.495 e. The van der Waals surface area contributed by atoms with Crippen LogP contribution in [0.15, 0.2) is 12.0 Å². The van der Waals surface area contributed by atoms with Crippen molar-refractivity contribution in [2.45, 2.75) is 19.4 Å². The van der Waals surface area contributed by atoms with Gasteiger partial charge in [0.2, 0.25) is 0 Å². The highest BCUT2D eigenvalue weighted by atomic mass is 16.7. The summed E-state index contributed by atoms with van der Waals surface area (Å²) in [6, 6.07) is 0. The molecule has 3 heteroatoms. The Bertz CT molecular complexity index is 167. The Morgan fingerprint density at radius 1 is 1.80 bits per heavy atom. The van der Waals surface area contributed by atoms with Crippen molar-refractivity contribution in [2.24, 2.45) is 5.92 Å². The first-order valence-corrected chi connectivity index (χ1v) is 3.65. The van der Waals surface area contributed by atoms with Crippen LogP contribution in [0.2, 0.25) is 0 Å². The second-order valence-electron chi connectivity index (χ2n) is 2.68. The molecule has 2 aliphatic heterocycles. The van der Waals surface area contributed by atoms with Crippen molar-refractivity contribution in [3.8, 4) is 0 Å². The third kappa shape index (κ3) is 0.703. The molecule has 1 saturated heterocycles. The fourth-order valence-electron chi connectivity index (χ4n) is 1.44. The van der Waals surface area contributed by atoms with Crippen LogP contribution < -0.4 is 5.48 Å². The lowest BCUT2D eigenvalue weighted by Gasteiger charge is -2.11. The lowest BCUT2D eigenvalue weighted by Crippen LogP contribution is -2.17. The van der Waals surface area contributed by atoms with Gasteiger partial charge in [0.05, 0.1) is 18.2 Å². The number of hydroxylamine groups is 1.